The summed E-state index contributed by atoms with van der Waals surface area (Å²) in [5.74, 6) is -6.08. The predicted octanol–water partition coefficient (Wildman–Crippen LogP) is 1.25. The number of allylic oxidation sites excluding steroid dienone is 2. The molecule has 1 aromatic carbocycles. The molecule has 0 unspecified atom stereocenters. The quantitative estimate of drug-likeness (QED) is 0.360. The summed E-state index contributed by atoms with van der Waals surface area (Å²) in [6.07, 6.45) is 0.853. The predicted molar refractivity (Wildman–Crippen MR) is 118 cm³/mol. The molecule has 9 heteroatoms. The van der Waals surface area contributed by atoms with Gasteiger partial charge in [-0.1, -0.05) is 19.9 Å². The zero-order chi connectivity index (χ0) is 24.2. The molecule has 9 nitrogen and oxygen atoms in total. The van der Waals surface area contributed by atoms with Crippen molar-refractivity contribution in [1.29, 1.82) is 0 Å². The van der Waals surface area contributed by atoms with Crippen molar-refractivity contribution in [3.05, 3.63) is 51.0 Å². The van der Waals surface area contributed by atoms with Gasteiger partial charge in [0.1, 0.15) is 22.8 Å². The fraction of sp³-hybridized carbons (Fsp3) is 0.458. The Labute approximate surface area is 190 Å². The maximum absolute atomic E-state index is 13.6. The van der Waals surface area contributed by atoms with Gasteiger partial charge in [-0.25, -0.2) is 0 Å². The molecule has 0 aromatic heterocycles. The van der Waals surface area contributed by atoms with Crippen molar-refractivity contribution in [3.63, 3.8) is 0 Å². The van der Waals surface area contributed by atoms with Gasteiger partial charge in [-0.2, -0.15) is 0 Å². The second-order valence-electron chi connectivity index (χ2n) is 8.94. The number of phenols is 1. The number of hydrogen-bond acceptors (Lipinski definition) is 8. The number of Topliss-reactive ketones (excluding diaryl/α,β-unsaturated/α-hetero) is 2. The van der Waals surface area contributed by atoms with Gasteiger partial charge < -0.3 is 31.5 Å². The highest BCUT2D eigenvalue weighted by molar-refractivity contribution is 6.24. The Kier molecular flexibility index (Phi) is 5.58. The van der Waals surface area contributed by atoms with Crippen LogP contribution in [0, 0.1) is 11.8 Å². The first-order valence-electron chi connectivity index (χ1n) is 11.1. The second-order valence-corrected chi connectivity index (χ2v) is 8.94. The van der Waals surface area contributed by atoms with E-state index in [1.807, 2.05) is 19.9 Å². The molecule has 0 aliphatic heterocycles. The van der Waals surface area contributed by atoms with Crippen molar-refractivity contribution < 1.29 is 34.8 Å². The van der Waals surface area contributed by atoms with Crippen LogP contribution in [0.15, 0.2) is 28.7 Å². The number of hydrogen-bond donors (Lipinski definition) is 6. The van der Waals surface area contributed by atoms with E-state index >= 15 is 0 Å². The van der Waals surface area contributed by atoms with Gasteiger partial charge in [0.05, 0.1) is 5.56 Å². The van der Waals surface area contributed by atoms with E-state index in [0.717, 1.165) is 5.56 Å². The molecule has 1 aromatic rings. The van der Waals surface area contributed by atoms with Crippen LogP contribution in [-0.2, 0) is 29.0 Å². The van der Waals surface area contributed by atoms with Gasteiger partial charge in [0.15, 0.2) is 11.4 Å². The maximum Gasteiger partial charge on any atom is 0.255 e. The van der Waals surface area contributed by atoms with Crippen molar-refractivity contribution in [2.75, 3.05) is 6.54 Å². The highest BCUT2D eigenvalue weighted by atomic mass is 16.3. The standard InChI is InChI=1S/C24H28N2O7/c1-3-10-5-12(9-26-4-2)19(28)17-14(10)7-11-6-13-8-15(27)18(23(25)32)22(31)24(13,33)21(30)16(11)20(17)29/h5,11,13,26-28,30,33H,3-4,6-9H2,1-2H3,(H2,25,32)/t11-,13+,24+/m1/s1. The number of ketones is 2. The van der Waals surface area contributed by atoms with Crippen LogP contribution >= 0.6 is 0 Å². The van der Waals surface area contributed by atoms with E-state index in [1.165, 1.54) is 0 Å². The Morgan fingerprint density at radius 2 is 1.88 bits per heavy atom. The third kappa shape index (κ3) is 3.18. The molecule has 4 rings (SSSR count). The number of aliphatic hydroxyl groups excluding tert-OH is 2. The number of nitrogens with one attached hydrogen (secondary N) is 1. The number of primary amides is 1. The summed E-state index contributed by atoms with van der Waals surface area (Å²) in [4.78, 5) is 38.3. The van der Waals surface area contributed by atoms with Crippen molar-refractivity contribution in [2.24, 2.45) is 17.6 Å². The van der Waals surface area contributed by atoms with Gasteiger partial charge in [-0.05, 0) is 42.9 Å². The average molecular weight is 456 g/mol. The lowest BCUT2D eigenvalue weighted by atomic mass is 9.60. The number of phenolic OH excluding ortho intramolecular Hbond substituents is 1. The lowest BCUT2D eigenvalue weighted by molar-refractivity contribution is -0.144. The Hall–Kier alpha value is -3.17. The Bertz CT molecular complexity index is 1150. The van der Waals surface area contributed by atoms with Gasteiger partial charge in [0.2, 0.25) is 5.78 Å². The molecule has 3 aliphatic carbocycles. The first-order chi connectivity index (χ1) is 15.6. The first-order valence-corrected chi connectivity index (χ1v) is 11.1. The molecular weight excluding hydrogens is 428 g/mol. The molecule has 0 bridgehead atoms. The molecule has 0 saturated carbocycles. The van der Waals surface area contributed by atoms with Crippen LogP contribution in [0.5, 0.6) is 5.75 Å². The highest BCUT2D eigenvalue weighted by Gasteiger charge is 2.59. The van der Waals surface area contributed by atoms with Crippen LogP contribution in [0.2, 0.25) is 0 Å². The van der Waals surface area contributed by atoms with E-state index in [1.54, 1.807) is 0 Å². The van der Waals surface area contributed by atoms with E-state index in [-0.39, 0.29) is 29.7 Å². The van der Waals surface area contributed by atoms with Crippen molar-refractivity contribution in [1.82, 2.24) is 5.32 Å². The number of fused-ring (bicyclic) bond motifs is 3. The minimum Gasteiger partial charge on any atom is -0.511 e. The molecule has 0 saturated heterocycles. The van der Waals surface area contributed by atoms with Gasteiger partial charge in [0.25, 0.3) is 5.91 Å². The molecule has 0 fully saturated rings. The van der Waals surface area contributed by atoms with Crippen LogP contribution < -0.4 is 11.1 Å². The normalized spacial score (nSPS) is 26.8. The van der Waals surface area contributed by atoms with Crippen LogP contribution in [-0.4, -0.2) is 50.0 Å². The Morgan fingerprint density at radius 1 is 1.18 bits per heavy atom. The second kappa shape index (κ2) is 8.00. The minimum absolute atomic E-state index is 0.0684. The molecule has 3 aliphatic rings. The Balaban J connectivity index is 1.89. The largest absolute Gasteiger partial charge is 0.511 e. The van der Waals surface area contributed by atoms with Crippen LogP contribution in [0.25, 0.3) is 0 Å². The summed E-state index contributed by atoms with van der Waals surface area (Å²) >= 11 is 0. The lowest BCUT2D eigenvalue weighted by Crippen LogP contribution is -2.57. The molecule has 0 spiro atoms. The summed E-state index contributed by atoms with van der Waals surface area (Å²) in [5, 5.41) is 46.6. The maximum atomic E-state index is 13.6. The summed E-state index contributed by atoms with van der Waals surface area (Å²) in [6, 6.07) is 1.87. The zero-order valence-electron chi connectivity index (χ0n) is 18.6. The van der Waals surface area contributed by atoms with Crippen molar-refractivity contribution >= 4 is 17.5 Å². The van der Waals surface area contributed by atoms with E-state index in [4.69, 9.17) is 5.73 Å². The number of nitrogens with two attached hydrogens (primary N) is 1. The van der Waals surface area contributed by atoms with Crippen LogP contribution in [0.4, 0.5) is 0 Å². The number of amides is 1. The molecule has 0 heterocycles. The van der Waals surface area contributed by atoms with Gasteiger partial charge in [0, 0.05) is 30.0 Å². The molecule has 176 valence electrons. The molecule has 3 atom stereocenters. The molecule has 7 N–H and O–H groups in total. The van der Waals surface area contributed by atoms with E-state index in [2.05, 4.69) is 5.32 Å². The van der Waals surface area contributed by atoms with E-state index < -0.39 is 52.0 Å². The van der Waals surface area contributed by atoms with Crippen molar-refractivity contribution in [2.45, 2.75) is 51.7 Å². The summed E-state index contributed by atoms with van der Waals surface area (Å²) in [6.45, 7) is 4.88. The Morgan fingerprint density at radius 3 is 2.48 bits per heavy atom. The number of carbonyl (C=O) groups excluding carboxylic acids is 3. The third-order valence-corrected chi connectivity index (χ3v) is 7.18. The molecule has 33 heavy (non-hydrogen) atoms. The summed E-state index contributed by atoms with van der Waals surface area (Å²) in [7, 11) is 0. The SMILES string of the molecule is CCNCc1cc(CC)c2c(c1O)C(=O)C1=C(O)[C@]3(O)C(=O)C(C(N)=O)=C(O)C[C@@H]3C[C@@H]1C2. The molecular formula is C24H28N2O7. The number of benzene rings is 1. The van der Waals surface area contributed by atoms with Crippen LogP contribution in [0.1, 0.15) is 53.7 Å². The van der Waals surface area contributed by atoms with Gasteiger partial charge in [-0.3, -0.25) is 14.4 Å². The van der Waals surface area contributed by atoms with E-state index in [9.17, 15) is 34.8 Å². The zero-order valence-corrected chi connectivity index (χ0v) is 18.6. The van der Waals surface area contributed by atoms with Crippen molar-refractivity contribution in [3.8, 4) is 5.75 Å². The smallest absolute Gasteiger partial charge is 0.255 e. The third-order valence-electron chi connectivity index (χ3n) is 7.18. The average Bonchev–Trinajstić information content (AvgIpc) is 2.75. The van der Waals surface area contributed by atoms with E-state index in [0.29, 0.717) is 37.1 Å². The number of aryl methyl sites for hydroxylation is 1. The minimum atomic E-state index is -2.54. The van der Waals surface area contributed by atoms with Crippen LogP contribution in [0.3, 0.4) is 0 Å². The van der Waals surface area contributed by atoms with Gasteiger partial charge in [-0.15, -0.1) is 0 Å². The number of aliphatic hydroxyl groups is 3. The fourth-order valence-corrected chi connectivity index (χ4v) is 5.54. The summed E-state index contributed by atoms with van der Waals surface area (Å²) < 4.78 is 0. The number of aromatic hydroxyl groups is 1. The first kappa shape index (κ1) is 23.0. The summed E-state index contributed by atoms with van der Waals surface area (Å²) in [5.41, 5.74) is 3.96. The highest BCUT2D eigenvalue weighted by Crippen LogP contribution is 2.52. The molecule has 1 amide bonds. The lowest BCUT2D eigenvalue weighted by Gasteiger charge is -2.45. The monoisotopic (exact) mass is 456 g/mol. The molecule has 0 radical (unpaired) electrons. The topological polar surface area (TPSA) is 170 Å². The number of rotatable bonds is 5. The van der Waals surface area contributed by atoms with Gasteiger partial charge >= 0.3 is 0 Å². The number of carbonyl (C=O) groups is 3. The fourth-order valence-electron chi connectivity index (χ4n) is 5.54.